The summed E-state index contributed by atoms with van der Waals surface area (Å²) in [5.74, 6) is -0.0535. The normalized spacial score (nSPS) is 10.1. The average Bonchev–Trinajstić information content (AvgIpc) is 2.80. The number of hydrogen-bond acceptors (Lipinski definition) is 3. The Balaban J connectivity index is 2.23. The molecule has 4 heteroatoms. The number of hydrogen-bond donors (Lipinski definition) is 1. The third kappa shape index (κ3) is 2.28. The molecular weight excluding hydrogens is 220 g/mol. The van der Waals surface area contributed by atoms with Gasteiger partial charge in [0.25, 0.3) is 5.91 Å². The molecule has 3 nitrogen and oxygen atoms in total. The predicted octanol–water partition coefficient (Wildman–Crippen LogP) is 2.56. The minimum atomic E-state index is -0.0535. The number of carbonyl (C=O) groups excluding carboxylic acids is 1. The molecule has 0 saturated carbocycles. The van der Waals surface area contributed by atoms with Crippen LogP contribution < -0.4 is 5.32 Å². The summed E-state index contributed by atoms with van der Waals surface area (Å²) in [4.78, 5) is 16.4. The van der Waals surface area contributed by atoms with Gasteiger partial charge < -0.3 is 5.32 Å². The maximum Gasteiger partial charge on any atom is 0.263 e. The van der Waals surface area contributed by atoms with E-state index in [-0.39, 0.29) is 5.91 Å². The molecule has 0 spiro atoms. The zero-order chi connectivity index (χ0) is 11.4. The first-order valence-electron chi connectivity index (χ1n) is 5.10. The summed E-state index contributed by atoms with van der Waals surface area (Å²) in [6.45, 7) is 2.54. The summed E-state index contributed by atoms with van der Waals surface area (Å²) in [7, 11) is 0. The Kier molecular flexibility index (Phi) is 3.31. The molecule has 0 atom stereocenters. The van der Waals surface area contributed by atoms with E-state index in [9.17, 15) is 4.79 Å². The highest BCUT2D eigenvalue weighted by Crippen LogP contribution is 2.24. The van der Waals surface area contributed by atoms with Crippen LogP contribution in [0.15, 0.2) is 36.5 Å². The van der Waals surface area contributed by atoms with Crippen LogP contribution in [0.25, 0.3) is 10.6 Å². The highest BCUT2D eigenvalue weighted by atomic mass is 32.1. The maximum absolute atomic E-state index is 11.5. The molecule has 0 saturated heterocycles. The van der Waals surface area contributed by atoms with E-state index < -0.39 is 0 Å². The molecule has 0 aliphatic rings. The summed E-state index contributed by atoms with van der Waals surface area (Å²) in [5.41, 5.74) is 1.04. The molecule has 82 valence electrons. The largest absolute Gasteiger partial charge is 0.352 e. The van der Waals surface area contributed by atoms with E-state index in [2.05, 4.69) is 10.3 Å². The van der Waals surface area contributed by atoms with Gasteiger partial charge in [-0.3, -0.25) is 4.79 Å². The van der Waals surface area contributed by atoms with Crippen molar-refractivity contribution in [1.82, 2.24) is 10.3 Å². The van der Waals surface area contributed by atoms with Gasteiger partial charge in [-0.05, 0) is 6.92 Å². The van der Waals surface area contributed by atoms with Crippen molar-refractivity contribution >= 4 is 17.2 Å². The number of benzene rings is 1. The van der Waals surface area contributed by atoms with Crippen LogP contribution in [-0.2, 0) is 0 Å². The molecule has 0 unspecified atom stereocenters. The Morgan fingerprint density at radius 2 is 2.12 bits per heavy atom. The van der Waals surface area contributed by atoms with Crippen molar-refractivity contribution in [3.05, 3.63) is 41.4 Å². The maximum atomic E-state index is 11.5. The molecule has 1 aromatic heterocycles. The molecule has 1 heterocycles. The summed E-state index contributed by atoms with van der Waals surface area (Å²) < 4.78 is 0. The lowest BCUT2D eigenvalue weighted by molar-refractivity contribution is 0.0959. The molecule has 2 rings (SSSR count). The number of nitrogens with one attached hydrogen (secondary N) is 1. The van der Waals surface area contributed by atoms with Gasteiger partial charge in [-0.2, -0.15) is 0 Å². The molecule has 1 amide bonds. The van der Waals surface area contributed by atoms with Gasteiger partial charge in [0.2, 0.25) is 0 Å². The fourth-order valence-electron chi connectivity index (χ4n) is 1.34. The van der Waals surface area contributed by atoms with Gasteiger partial charge in [-0.15, -0.1) is 11.3 Å². The number of aromatic nitrogens is 1. The molecule has 0 aliphatic carbocycles. The number of amides is 1. The topological polar surface area (TPSA) is 42.0 Å². The van der Waals surface area contributed by atoms with E-state index in [4.69, 9.17) is 0 Å². The van der Waals surface area contributed by atoms with E-state index in [1.807, 2.05) is 37.3 Å². The molecule has 0 aliphatic heterocycles. The van der Waals surface area contributed by atoms with E-state index in [0.717, 1.165) is 10.6 Å². The molecule has 1 aromatic carbocycles. The molecule has 1 N–H and O–H groups in total. The van der Waals surface area contributed by atoms with Crippen LogP contribution in [0.2, 0.25) is 0 Å². The summed E-state index contributed by atoms with van der Waals surface area (Å²) in [6.07, 6.45) is 1.62. The highest BCUT2D eigenvalue weighted by molar-refractivity contribution is 7.16. The van der Waals surface area contributed by atoms with E-state index in [1.54, 1.807) is 6.20 Å². The smallest absolute Gasteiger partial charge is 0.263 e. The van der Waals surface area contributed by atoms with Gasteiger partial charge in [0.1, 0.15) is 9.88 Å². The Morgan fingerprint density at radius 1 is 1.38 bits per heavy atom. The Hall–Kier alpha value is -1.68. The van der Waals surface area contributed by atoms with E-state index in [0.29, 0.717) is 11.4 Å². The van der Waals surface area contributed by atoms with Crippen molar-refractivity contribution < 1.29 is 4.79 Å². The number of rotatable bonds is 3. The fraction of sp³-hybridized carbons (Fsp3) is 0.167. The van der Waals surface area contributed by atoms with Crippen molar-refractivity contribution in [1.29, 1.82) is 0 Å². The van der Waals surface area contributed by atoms with Crippen molar-refractivity contribution in [3.8, 4) is 10.6 Å². The van der Waals surface area contributed by atoms with Crippen LogP contribution in [0.4, 0.5) is 0 Å². The lowest BCUT2D eigenvalue weighted by Gasteiger charge is -1.96. The van der Waals surface area contributed by atoms with Gasteiger partial charge in [0.05, 0.1) is 6.20 Å². The van der Waals surface area contributed by atoms with Crippen molar-refractivity contribution in [2.45, 2.75) is 6.92 Å². The van der Waals surface area contributed by atoms with Crippen LogP contribution in [-0.4, -0.2) is 17.4 Å². The number of carbonyl (C=O) groups is 1. The first-order chi connectivity index (χ1) is 7.81. The first-order valence-corrected chi connectivity index (χ1v) is 5.92. The number of nitrogens with zero attached hydrogens (tertiary/aromatic N) is 1. The van der Waals surface area contributed by atoms with Crippen LogP contribution >= 0.6 is 11.3 Å². The fourth-order valence-corrected chi connectivity index (χ4v) is 2.18. The van der Waals surface area contributed by atoms with Gasteiger partial charge >= 0.3 is 0 Å². The van der Waals surface area contributed by atoms with Crippen molar-refractivity contribution in [2.24, 2.45) is 0 Å². The first kappa shape index (κ1) is 10.8. The second-order valence-electron chi connectivity index (χ2n) is 3.26. The number of thiazole rings is 1. The van der Waals surface area contributed by atoms with Crippen LogP contribution in [0.1, 0.15) is 16.6 Å². The molecule has 2 aromatic rings. The standard InChI is InChI=1S/C12H12N2OS/c1-2-13-11(15)10-8-14-12(16-10)9-6-4-3-5-7-9/h3-8H,2H2,1H3,(H,13,15). The monoisotopic (exact) mass is 232 g/mol. The van der Waals surface area contributed by atoms with Gasteiger partial charge in [-0.25, -0.2) is 4.98 Å². The summed E-state index contributed by atoms with van der Waals surface area (Å²) in [5, 5.41) is 3.63. The Bertz CT molecular complexity index is 479. The zero-order valence-electron chi connectivity index (χ0n) is 8.93. The molecular formula is C12H12N2OS. The van der Waals surface area contributed by atoms with Gasteiger partial charge in [0.15, 0.2) is 0 Å². The van der Waals surface area contributed by atoms with Crippen LogP contribution in [0.3, 0.4) is 0 Å². The average molecular weight is 232 g/mol. The Labute approximate surface area is 98.2 Å². The molecule has 0 bridgehead atoms. The minimum Gasteiger partial charge on any atom is -0.352 e. The molecule has 0 fully saturated rings. The second kappa shape index (κ2) is 4.90. The molecule has 16 heavy (non-hydrogen) atoms. The SMILES string of the molecule is CCNC(=O)c1cnc(-c2ccccc2)s1. The minimum absolute atomic E-state index is 0.0535. The van der Waals surface area contributed by atoms with Crippen LogP contribution in [0, 0.1) is 0 Å². The molecule has 0 radical (unpaired) electrons. The predicted molar refractivity (Wildman–Crippen MR) is 65.6 cm³/mol. The summed E-state index contributed by atoms with van der Waals surface area (Å²) >= 11 is 1.41. The van der Waals surface area contributed by atoms with Gasteiger partial charge in [-0.1, -0.05) is 30.3 Å². The quantitative estimate of drug-likeness (QED) is 0.883. The second-order valence-corrected chi connectivity index (χ2v) is 4.29. The lowest BCUT2D eigenvalue weighted by Crippen LogP contribution is -2.21. The summed E-state index contributed by atoms with van der Waals surface area (Å²) in [6, 6.07) is 9.85. The Morgan fingerprint density at radius 3 is 2.81 bits per heavy atom. The van der Waals surface area contributed by atoms with Crippen molar-refractivity contribution in [3.63, 3.8) is 0 Å². The zero-order valence-corrected chi connectivity index (χ0v) is 9.75. The van der Waals surface area contributed by atoms with E-state index in [1.165, 1.54) is 11.3 Å². The van der Waals surface area contributed by atoms with E-state index >= 15 is 0 Å². The third-order valence-corrected chi connectivity index (χ3v) is 3.13. The van der Waals surface area contributed by atoms with Crippen LogP contribution in [0.5, 0.6) is 0 Å². The highest BCUT2D eigenvalue weighted by Gasteiger charge is 2.09. The van der Waals surface area contributed by atoms with Gasteiger partial charge in [0, 0.05) is 12.1 Å². The lowest BCUT2D eigenvalue weighted by atomic mass is 10.2. The third-order valence-electron chi connectivity index (χ3n) is 2.09. The van der Waals surface area contributed by atoms with Crippen molar-refractivity contribution in [2.75, 3.05) is 6.54 Å².